The number of allylic oxidation sites excluding steroid dienone is 1. The van der Waals surface area contributed by atoms with Crippen LogP contribution in [0.2, 0.25) is 0 Å². The van der Waals surface area contributed by atoms with Crippen LogP contribution in [-0.4, -0.2) is 87.7 Å². The van der Waals surface area contributed by atoms with Gasteiger partial charge >= 0.3 is 12.1 Å². The number of ether oxygens (including phenoxy) is 2. The Morgan fingerprint density at radius 2 is 1.35 bits per heavy atom. The molecule has 2 saturated heterocycles. The molecule has 3 aliphatic heterocycles. The Kier molecular flexibility index (Phi) is 10.4. The van der Waals surface area contributed by atoms with Gasteiger partial charge in [-0.25, -0.2) is 9.78 Å². The van der Waals surface area contributed by atoms with Crippen LogP contribution in [0.5, 0.6) is 0 Å². The number of hydrogen-bond donors (Lipinski definition) is 2. The van der Waals surface area contributed by atoms with Crippen molar-refractivity contribution in [3.05, 3.63) is 84.4 Å². The first-order valence-electron chi connectivity index (χ1n) is 22.1. The van der Waals surface area contributed by atoms with Crippen molar-refractivity contribution >= 4 is 45.9 Å². The van der Waals surface area contributed by atoms with Gasteiger partial charge in [0, 0.05) is 36.0 Å². The molecule has 4 fully saturated rings. The zero-order valence-corrected chi connectivity index (χ0v) is 37.0. The van der Waals surface area contributed by atoms with Crippen molar-refractivity contribution in [1.29, 1.82) is 0 Å². The number of benzene rings is 3. The third kappa shape index (κ3) is 7.38. The lowest BCUT2D eigenvalue weighted by Crippen LogP contribution is -2.52. The Labute approximate surface area is 363 Å². The smallest absolute Gasteiger partial charge is 0.407 e. The fourth-order valence-corrected chi connectivity index (χ4v) is 10.6. The molecule has 2 N–H and O–H groups in total. The second-order valence-electron chi connectivity index (χ2n) is 19.7. The molecule has 3 aromatic carbocycles. The summed E-state index contributed by atoms with van der Waals surface area (Å²) in [5.41, 5.74) is 7.56. The van der Waals surface area contributed by atoms with E-state index in [1.807, 2.05) is 45.0 Å². The van der Waals surface area contributed by atoms with E-state index >= 15 is 0 Å². The van der Waals surface area contributed by atoms with E-state index in [1.54, 1.807) is 0 Å². The average molecular weight is 839 g/mol. The first kappa shape index (κ1) is 41.6. The van der Waals surface area contributed by atoms with Gasteiger partial charge in [0.2, 0.25) is 11.8 Å². The minimum Gasteiger partial charge on any atom is -0.469 e. The van der Waals surface area contributed by atoms with Crippen LogP contribution in [0, 0.1) is 28.6 Å². The van der Waals surface area contributed by atoms with Gasteiger partial charge in [0.25, 0.3) is 0 Å². The highest BCUT2D eigenvalue weighted by atomic mass is 16.5. The molecule has 62 heavy (non-hydrogen) atoms. The normalized spacial score (nSPS) is 26.8. The number of alkyl carbamates (subject to hydrolysis) is 1. The highest BCUT2D eigenvalue weighted by Gasteiger charge is 2.65. The van der Waals surface area contributed by atoms with Crippen LogP contribution in [0.25, 0.3) is 38.7 Å². The number of H-pyrrole nitrogens is 1. The number of carbonyl (C=O) groups is 4. The summed E-state index contributed by atoms with van der Waals surface area (Å²) < 4.78 is 9.78. The number of methoxy groups -OCH3 is 2. The molecule has 2 aliphatic carbocycles. The maximum Gasteiger partial charge on any atom is 0.407 e. The molecule has 3 amide bonds. The molecular weight excluding hydrogens is 781 g/mol. The minimum absolute atomic E-state index is 0.0223. The van der Waals surface area contributed by atoms with Gasteiger partial charge in [0.1, 0.15) is 11.9 Å². The molecule has 2 saturated carbocycles. The summed E-state index contributed by atoms with van der Waals surface area (Å²) in [6.07, 6.45) is 7.65. The molecule has 4 heterocycles. The maximum atomic E-state index is 14.0. The summed E-state index contributed by atoms with van der Waals surface area (Å²) >= 11 is 0. The number of carbonyl (C=O) groups excluding carboxylic acids is 4. The number of aromatic amines is 1. The first-order valence-corrected chi connectivity index (χ1v) is 22.1. The molecule has 12 heteroatoms. The summed E-state index contributed by atoms with van der Waals surface area (Å²) in [6.45, 7) is 12.4. The van der Waals surface area contributed by atoms with Crippen LogP contribution in [0.3, 0.4) is 0 Å². The highest BCUT2D eigenvalue weighted by molar-refractivity contribution is 6.04. The van der Waals surface area contributed by atoms with Crippen LogP contribution in [0.4, 0.5) is 4.79 Å². The molecule has 9 rings (SSSR count). The lowest BCUT2D eigenvalue weighted by molar-refractivity contribution is -0.148. The van der Waals surface area contributed by atoms with Gasteiger partial charge in [-0.15, -0.1) is 0 Å². The molecule has 12 nitrogen and oxygen atoms in total. The van der Waals surface area contributed by atoms with Crippen LogP contribution in [0.1, 0.15) is 97.5 Å². The van der Waals surface area contributed by atoms with Crippen molar-refractivity contribution in [2.24, 2.45) is 33.6 Å². The number of nitrogens with one attached hydrogen (secondary N) is 2. The number of amides is 3. The van der Waals surface area contributed by atoms with Gasteiger partial charge in [-0.05, 0) is 93.5 Å². The van der Waals surface area contributed by atoms with Gasteiger partial charge < -0.3 is 29.6 Å². The van der Waals surface area contributed by atoms with Crippen molar-refractivity contribution < 1.29 is 28.7 Å². The quantitative estimate of drug-likeness (QED) is 0.136. The highest BCUT2D eigenvalue weighted by Crippen LogP contribution is 2.63. The van der Waals surface area contributed by atoms with Crippen molar-refractivity contribution in [3.8, 4) is 22.4 Å². The number of hydrogen-bond acceptors (Lipinski definition) is 8. The van der Waals surface area contributed by atoms with Gasteiger partial charge in [-0.1, -0.05) is 90.1 Å². The number of imidazole rings is 1. The number of piperidine rings is 2. The second kappa shape index (κ2) is 15.5. The van der Waals surface area contributed by atoms with E-state index in [0.29, 0.717) is 6.42 Å². The SMILES string of the molecule is COC(=O)C[C@H](C(=O)N1[C@H]2C[C@@]2(C)C[C@H]1C1=NC=C(c2ccc(-c3ccc4cc(-c5cnc([C@@H]6C[C@]7(C)C[C@@H]7N6C(=O)[C@@H](NC(=O)OC)C(C)C)[nH]5)ccc4c3)cc2)C1)C(C)C. The van der Waals surface area contributed by atoms with Crippen LogP contribution >= 0.6 is 0 Å². The molecule has 0 unspecified atom stereocenters. The maximum absolute atomic E-state index is 14.0. The summed E-state index contributed by atoms with van der Waals surface area (Å²) in [5.74, 6) is -0.148. The van der Waals surface area contributed by atoms with Crippen molar-refractivity contribution in [2.45, 2.75) is 110 Å². The van der Waals surface area contributed by atoms with E-state index in [9.17, 15) is 19.2 Å². The first-order chi connectivity index (χ1) is 29.6. The predicted octanol–water partition coefficient (Wildman–Crippen LogP) is 8.73. The Bertz CT molecular complexity index is 2520. The van der Waals surface area contributed by atoms with Gasteiger partial charge in [-0.2, -0.15) is 0 Å². The molecular formula is C50H58N6O6. The number of nitrogens with zero attached hydrogens (tertiary/aromatic N) is 4. The van der Waals surface area contributed by atoms with E-state index in [-0.39, 0.29) is 71.0 Å². The summed E-state index contributed by atoms with van der Waals surface area (Å²) in [5, 5.41) is 4.99. The molecule has 4 aromatic rings. The Balaban J connectivity index is 0.866. The lowest BCUT2D eigenvalue weighted by Gasteiger charge is -2.32. The number of esters is 1. The third-order valence-electron chi connectivity index (χ3n) is 14.7. The van der Waals surface area contributed by atoms with Crippen molar-refractivity contribution in [1.82, 2.24) is 25.1 Å². The van der Waals surface area contributed by atoms with E-state index in [4.69, 9.17) is 19.5 Å². The number of likely N-dealkylation sites (tertiary alicyclic amines) is 2. The topological polar surface area (TPSA) is 146 Å². The van der Waals surface area contributed by atoms with Crippen LogP contribution < -0.4 is 5.32 Å². The second-order valence-corrected chi connectivity index (χ2v) is 19.7. The molecule has 0 radical (unpaired) electrons. The minimum atomic E-state index is -0.689. The van der Waals surface area contributed by atoms with Crippen LogP contribution in [-0.2, 0) is 23.9 Å². The molecule has 1 aromatic heterocycles. The Morgan fingerprint density at radius 3 is 1.98 bits per heavy atom. The fraction of sp³-hybridized carbons (Fsp3) is 0.480. The number of aliphatic imine (C=N–C) groups is 1. The van der Waals surface area contributed by atoms with Gasteiger partial charge in [-0.3, -0.25) is 19.4 Å². The molecule has 0 bridgehead atoms. The van der Waals surface area contributed by atoms with Crippen LogP contribution in [0.15, 0.2) is 78.1 Å². The Hall–Kier alpha value is -5.78. The van der Waals surface area contributed by atoms with Gasteiger partial charge in [0.15, 0.2) is 0 Å². The summed E-state index contributed by atoms with van der Waals surface area (Å²) in [4.78, 5) is 69.7. The Morgan fingerprint density at radius 1 is 0.758 bits per heavy atom. The molecule has 5 aliphatic rings. The summed E-state index contributed by atoms with van der Waals surface area (Å²) in [7, 11) is 2.69. The molecule has 8 atom stereocenters. The lowest BCUT2D eigenvalue weighted by atomic mass is 9.89. The zero-order valence-electron chi connectivity index (χ0n) is 37.0. The van der Waals surface area contributed by atoms with Crippen molar-refractivity contribution in [3.63, 3.8) is 0 Å². The van der Waals surface area contributed by atoms with E-state index in [1.165, 1.54) is 14.2 Å². The standard InChI is InChI=1S/C50H58N6O6/c1-27(2)36(20-43(57)61-7)46(58)55-39(21-49(5)23-41(49)55)37-19-35(25-51-37)30-11-9-29(10-12-30)31-13-14-33-18-34(16-15-32(33)17-31)38-26-52-45(53-38)40-22-50(6)24-42(50)56(40)47(59)44(28(3)4)54-48(60)62-8/h9-18,25-28,36,39-42,44H,19-24H2,1-8H3,(H,52,53)(H,54,60)/t36-,39-,40-,41-,42-,44-,49+,50+/m0/s1. The van der Waals surface area contributed by atoms with Crippen molar-refractivity contribution in [2.75, 3.05) is 14.2 Å². The van der Waals surface area contributed by atoms with E-state index < -0.39 is 18.1 Å². The van der Waals surface area contributed by atoms with Gasteiger partial charge in [0.05, 0.1) is 50.5 Å². The number of fused-ring (bicyclic) bond motifs is 3. The molecule has 324 valence electrons. The monoisotopic (exact) mass is 838 g/mol. The number of rotatable bonds is 12. The number of aromatic nitrogens is 2. The fourth-order valence-electron chi connectivity index (χ4n) is 10.6. The average Bonchev–Trinajstić information content (AvgIpc) is 3.70. The summed E-state index contributed by atoms with van der Waals surface area (Å²) in [6, 6.07) is 20.9. The third-order valence-corrected chi connectivity index (χ3v) is 14.7. The van der Waals surface area contributed by atoms with E-state index in [2.05, 4.69) is 89.7 Å². The predicted molar refractivity (Wildman–Crippen MR) is 239 cm³/mol. The molecule has 0 spiro atoms. The largest absolute Gasteiger partial charge is 0.469 e. The zero-order chi connectivity index (χ0) is 43.8. The van der Waals surface area contributed by atoms with E-state index in [0.717, 1.165) is 81.5 Å².